The molecule has 0 amide bonds. The molecular weight excluding hydrogens is 218 g/mol. The molecule has 0 aliphatic rings. The van der Waals surface area contributed by atoms with Crippen LogP contribution < -0.4 is 5.73 Å². The predicted molar refractivity (Wildman–Crippen MR) is 61.0 cm³/mol. The second-order valence-electron chi connectivity index (χ2n) is 3.17. The van der Waals surface area contributed by atoms with Gasteiger partial charge in [-0.3, -0.25) is 9.59 Å². The van der Waals surface area contributed by atoms with E-state index in [-0.39, 0.29) is 43.5 Å². The summed E-state index contributed by atoms with van der Waals surface area (Å²) in [5, 5.41) is 0. The van der Waals surface area contributed by atoms with E-state index in [1.165, 1.54) is 0 Å². The molecule has 4 nitrogen and oxygen atoms in total. The molecule has 5 heteroatoms. The number of halogens is 1. The number of rotatable bonds is 8. The second kappa shape index (κ2) is 11.5. The molecule has 2 N–H and O–H groups in total. The van der Waals surface area contributed by atoms with E-state index in [1.807, 2.05) is 0 Å². The molecule has 0 rings (SSSR count). The van der Waals surface area contributed by atoms with Crippen LogP contribution in [0.25, 0.3) is 0 Å². The van der Waals surface area contributed by atoms with E-state index in [4.69, 9.17) is 10.5 Å². The lowest BCUT2D eigenvalue weighted by molar-refractivity contribution is -0.144. The number of ether oxygens (including phenoxy) is 1. The highest BCUT2D eigenvalue weighted by atomic mass is 35.5. The fourth-order valence-electron chi connectivity index (χ4n) is 0.954. The maximum absolute atomic E-state index is 11.0. The third-order valence-corrected chi connectivity index (χ3v) is 1.85. The van der Waals surface area contributed by atoms with Crippen LogP contribution in [0.5, 0.6) is 0 Å². The average Bonchev–Trinajstić information content (AvgIpc) is 2.21. The first-order chi connectivity index (χ1) is 6.70. The Hall–Kier alpha value is -0.610. The van der Waals surface area contributed by atoms with Crippen molar-refractivity contribution in [3.8, 4) is 0 Å². The fourth-order valence-corrected chi connectivity index (χ4v) is 0.954. The molecule has 0 heterocycles. The van der Waals surface area contributed by atoms with Gasteiger partial charge in [0, 0.05) is 6.42 Å². The summed E-state index contributed by atoms with van der Waals surface area (Å²) in [7, 11) is 0. The molecule has 0 atom stereocenters. The monoisotopic (exact) mass is 237 g/mol. The Morgan fingerprint density at radius 2 is 1.87 bits per heavy atom. The van der Waals surface area contributed by atoms with E-state index >= 15 is 0 Å². The van der Waals surface area contributed by atoms with E-state index in [0.717, 1.165) is 19.3 Å². The number of carbonyl (C=O) groups is 2. The van der Waals surface area contributed by atoms with Gasteiger partial charge in [0.25, 0.3) is 0 Å². The van der Waals surface area contributed by atoms with Crippen LogP contribution in [0.3, 0.4) is 0 Å². The van der Waals surface area contributed by atoms with Gasteiger partial charge < -0.3 is 10.5 Å². The Bertz CT molecular complexity index is 186. The summed E-state index contributed by atoms with van der Waals surface area (Å²) in [5.41, 5.74) is 5.10. The third kappa shape index (κ3) is 11.3. The molecule has 0 saturated carbocycles. The van der Waals surface area contributed by atoms with E-state index < -0.39 is 0 Å². The lowest BCUT2D eigenvalue weighted by atomic mass is 10.2. The number of nitrogens with two attached hydrogens (primary N) is 1. The van der Waals surface area contributed by atoms with Crippen molar-refractivity contribution in [3.05, 3.63) is 0 Å². The molecular formula is C10H20ClNO3. The van der Waals surface area contributed by atoms with Crippen LogP contribution in [-0.2, 0) is 14.3 Å². The molecule has 0 fully saturated rings. The summed E-state index contributed by atoms with van der Waals surface area (Å²) in [6, 6.07) is 0. The highest BCUT2D eigenvalue weighted by Crippen LogP contribution is 1.98. The Balaban J connectivity index is 0. The summed E-state index contributed by atoms with van der Waals surface area (Å²) in [4.78, 5) is 21.8. The summed E-state index contributed by atoms with van der Waals surface area (Å²) in [6.45, 7) is 2.55. The van der Waals surface area contributed by atoms with Crippen LogP contribution in [0.4, 0.5) is 0 Å². The first-order valence-electron chi connectivity index (χ1n) is 5.08. The van der Waals surface area contributed by atoms with Crippen molar-refractivity contribution in [2.45, 2.75) is 39.0 Å². The normalized spacial score (nSPS) is 9.20. The molecule has 15 heavy (non-hydrogen) atoms. The summed E-state index contributed by atoms with van der Waals surface area (Å²) < 4.78 is 4.91. The van der Waals surface area contributed by atoms with Crippen molar-refractivity contribution >= 4 is 24.2 Å². The van der Waals surface area contributed by atoms with Gasteiger partial charge in [-0.15, -0.1) is 12.4 Å². The Morgan fingerprint density at radius 1 is 1.20 bits per heavy atom. The minimum Gasteiger partial charge on any atom is -0.466 e. The van der Waals surface area contributed by atoms with Gasteiger partial charge in [-0.2, -0.15) is 0 Å². The van der Waals surface area contributed by atoms with Crippen molar-refractivity contribution in [1.29, 1.82) is 0 Å². The first kappa shape index (κ1) is 16.8. The highest BCUT2D eigenvalue weighted by Gasteiger charge is 2.05. The molecule has 0 aromatic carbocycles. The minimum absolute atomic E-state index is 0. The van der Waals surface area contributed by atoms with Crippen LogP contribution in [-0.4, -0.2) is 24.9 Å². The van der Waals surface area contributed by atoms with Crippen LogP contribution in [0.2, 0.25) is 0 Å². The minimum atomic E-state index is -0.303. The molecule has 0 unspecified atom stereocenters. The van der Waals surface area contributed by atoms with Crippen LogP contribution in [0.1, 0.15) is 39.0 Å². The number of hydrogen-bond donors (Lipinski definition) is 1. The zero-order valence-electron chi connectivity index (χ0n) is 9.16. The standard InChI is InChI=1S/C10H19NO3.ClH/c1-2-3-4-7-14-10(13)6-5-9(12)8-11;/h2-8,11H2,1H3;1H. The zero-order valence-corrected chi connectivity index (χ0v) is 9.98. The van der Waals surface area contributed by atoms with Crippen LogP contribution >= 0.6 is 12.4 Å². The van der Waals surface area contributed by atoms with Crippen molar-refractivity contribution < 1.29 is 14.3 Å². The van der Waals surface area contributed by atoms with Gasteiger partial charge >= 0.3 is 5.97 Å². The largest absolute Gasteiger partial charge is 0.466 e. The average molecular weight is 238 g/mol. The molecule has 0 bridgehead atoms. The SMILES string of the molecule is CCCCCOC(=O)CCC(=O)CN.Cl. The molecule has 0 saturated heterocycles. The predicted octanol–water partition coefficient (Wildman–Crippen LogP) is 1.45. The highest BCUT2D eigenvalue weighted by molar-refractivity contribution is 5.85. The van der Waals surface area contributed by atoms with Gasteiger partial charge in [-0.05, 0) is 6.42 Å². The number of carbonyl (C=O) groups excluding carboxylic acids is 2. The third-order valence-electron chi connectivity index (χ3n) is 1.85. The van der Waals surface area contributed by atoms with Crippen LogP contribution in [0.15, 0.2) is 0 Å². The summed E-state index contributed by atoms with van der Waals surface area (Å²) in [5.74, 6) is -0.404. The Labute approximate surface area is 97.0 Å². The smallest absolute Gasteiger partial charge is 0.306 e. The van der Waals surface area contributed by atoms with Gasteiger partial charge in [-0.1, -0.05) is 19.8 Å². The molecule has 0 aromatic heterocycles. The maximum Gasteiger partial charge on any atom is 0.306 e. The molecule has 0 aromatic rings. The molecule has 90 valence electrons. The topological polar surface area (TPSA) is 69.4 Å². The first-order valence-corrected chi connectivity index (χ1v) is 5.08. The van der Waals surface area contributed by atoms with Crippen molar-refractivity contribution in [2.24, 2.45) is 5.73 Å². The Kier molecular flexibility index (Phi) is 12.8. The van der Waals surface area contributed by atoms with E-state index in [9.17, 15) is 9.59 Å². The maximum atomic E-state index is 11.0. The molecule has 0 spiro atoms. The van der Waals surface area contributed by atoms with Crippen molar-refractivity contribution in [3.63, 3.8) is 0 Å². The van der Waals surface area contributed by atoms with Gasteiger partial charge in [0.1, 0.15) is 5.78 Å². The molecule has 0 aliphatic carbocycles. The number of Topliss-reactive ketones (excluding diaryl/α,β-unsaturated/α-hetero) is 1. The molecule has 0 aliphatic heterocycles. The summed E-state index contributed by atoms with van der Waals surface area (Å²) >= 11 is 0. The van der Waals surface area contributed by atoms with Gasteiger partial charge in [0.15, 0.2) is 0 Å². The number of hydrogen-bond acceptors (Lipinski definition) is 4. The number of esters is 1. The second-order valence-corrected chi connectivity index (χ2v) is 3.17. The van der Waals surface area contributed by atoms with E-state index in [2.05, 4.69) is 6.92 Å². The summed E-state index contributed by atoms with van der Waals surface area (Å²) in [6.07, 6.45) is 3.41. The zero-order chi connectivity index (χ0) is 10.8. The van der Waals surface area contributed by atoms with Crippen molar-refractivity contribution in [1.82, 2.24) is 0 Å². The lowest BCUT2D eigenvalue weighted by Crippen LogP contribution is -2.15. The van der Waals surface area contributed by atoms with Crippen molar-refractivity contribution in [2.75, 3.05) is 13.2 Å². The van der Waals surface area contributed by atoms with Gasteiger partial charge in [0.05, 0.1) is 19.6 Å². The Morgan fingerprint density at radius 3 is 2.40 bits per heavy atom. The molecule has 0 radical (unpaired) electrons. The number of ketones is 1. The lowest BCUT2D eigenvalue weighted by Gasteiger charge is -2.03. The van der Waals surface area contributed by atoms with Crippen LogP contribution in [0, 0.1) is 0 Å². The number of unbranched alkanes of at least 4 members (excludes halogenated alkanes) is 2. The van der Waals surface area contributed by atoms with E-state index in [1.54, 1.807) is 0 Å². The fraction of sp³-hybridized carbons (Fsp3) is 0.800. The van der Waals surface area contributed by atoms with Gasteiger partial charge in [-0.25, -0.2) is 0 Å². The quantitative estimate of drug-likeness (QED) is 0.513. The van der Waals surface area contributed by atoms with Gasteiger partial charge in [0.2, 0.25) is 0 Å². The van der Waals surface area contributed by atoms with E-state index in [0.29, 0.717) is 6.61 Å².